The first kappa shape index (κ1) is 23.6. The normalized spacial score (nSPS) is 12.5. The summed E-state index contributed by atoms with van der Waals surface area (Å²) < 4.78 is 6.08. The number of benzene rings is 2. The molecule has 0 aromatic heterocycles. The number of halogens is 1. The van der Waals surface area contributed by atoms with Crippen LogP contribution in [0.15, 0.2) is 54.6 Å². The number of nitrogens with two attached hydrogens (primary N) is 1. The summed E-state index contributed by atoms with van der Waals surface area (Å²) in [6, 6.07) is 15.7. The smallest absolute Gasteiger partial charge is 0.407 e. The fourth-order valence-corrected chi connectivity index (χ4v) is 2.95. The van der Waals surface area contributed by atoms with Gasteiger partial charge in [-0.15, -0.1) is 0 Å². The van der Waals surface area contributed by atoms with Gasteiger partial charge in [0.25, 0.3) is 0 Å². The molecular formula is C21H24IN3O5. The summed E-state index contributed by atoms with van der Waals surface area (Å²) in [4.78, 5) is 35.5. The zero-order chi connectivity index (χ0) is 21.9. The van der Waals surface area contributed by atoms with E-state index in [1.807, 2.05) is 54.6 Å². The molecule has 0 bridgehead atoms. The van der Waals surface area contributed by atoms with Crippen LogP contribution in [0, 0.1) is 3.57 Å². The minimum Gasteiger partial charge on any atom is -0.445 e. The second-order valence-corrected chi connectivity index (χ2v) is 7.90. The van der Waals surface area contributed by atoms with E-state index in [0.29, 0.717) is 0 Å². The Hall–Kier alpha value is -2.66. The molecule has 0 aliphatic rings. The molecule has 0 heterocycles. The number of primary amides is 1. The van der Waals surface area contributed by atoms with Crippen LogP contribution in [0.25, 0.3) is 0 Å². The first-order valence-electron chi connectivity index (χ1n) is 9.29. The second kappa shape index (κ2) is 12.1. The van der Waals surface area contributed by atoms with Crippen molar-refractivity contribution in [2.24, 2.45) is 5.73 Å². The van der Waals surface area contributed by atoms with Crippen LogP contribution < -0.4 is 16.4 Å². The number of amides is 3. The molecule has 0 saturated heterocycles. The third-order valence-electron chi connectivity index (χ3n) is 4.15. The lowest BCUT2D eigenvalue weighted by Gasteiger charge is -2.17. The molecule has 0 fully saturated rings. The molecule has 9 heteroatoms. The average Bonchev–Trinajstić information content (AvgIpc) is 2.72. The Morgan fingerprint density at radius 1 is 1.03 bits per heavy atom. The summed E-state index contributed by atoms with van der Waals surface area (Å²) >= 11 is 2.17. The minimum atomic E-state index is -1.14. The summed E-state index contributed by atoms with van der Waals surface area (Å²) in [5.41, 5.74) is 7.06. The van der Waals surface area contributed by atoms with Crippen LogP contribution >= 0.6 is 22.6 Å². The Labute approximate surface area is 188 Å². The molecule has 8 nitrogen and oxygen atoms in total. The SMILES string of the molecule is NC(=O)[C@H](Cc1ccc(I)cc1)NC(=O)C[C@@H](O)CNC(=O)OCc1ccccc1. The highest BCUT2D eigenvalue weighted by Crippen LogP contribution is 2.09. The van der Waals surface area contributed by atoms with Crippen LogP contribution in [-0.2, 0) is 27.4 Å². The number of hydrogen-bond acceptors (Lipinski definition) is 5. The fraction of sp³-hybridized carbons (Fsp3) is 0.286. The topological polar surface area (TPSA) is 131 Å². The largest absolute Gasteiger partial charge is 0.445 e. The second-order valence-electron chi connectivity index (χ2n) is 6.65. The Balaban J connectivity index is 1.73. The molecule has 2 rings (SSSR count). The van der Waals surface area contributed by atoms with Gasteiger partial charge >= 0.3 is 6.09 Å². The summed E-state index contributed by atoms with van der Waals surface area (Å²) in [6.07, 6.45) is -1.89. The third-order valence-corrected chi connectivity index (χ3v) is 4.87. The fourth-order valence-electron chi connectivity index (χ4n) is 2.59. The van der Waals surface area contributed by atoms with E-state index in [0.717, 1.165) is 14.7 Å². The summed E-state index contributed by atoms with van der Waals surface area (Å²) in [7, 11) is 0. The number of ether oxygens (including phenoxy) is 1. The number of carbonyl (C=O) groups excluding carboxylic acids is 3. The van der Waals surface area contributed by atoms with E-state index < -0.39 is 30.1 Å². The molecule has 2 aromatic rings. The van der Waals surface area contributed by atoms with E-state index in [4.69, 9.17) is 10.5 Å². The number of alkyl carbamates (subject to hydrolysis) is 1. The summed E-state index contributed by atoms with van der Waals surface area (Å²) in [5.74, 6) is -1.21. The molecule has 0 radical (unpaired) electrons. The highest BCUT2D eigenvalue weighted by molar-refractivity contribution is 14.1. The van der Waals surface area contributed by atoms with Gasteiger partial charge in [0.2, 0.25) is 11.8 Å². The van der Waals surface area contributed by atoms with Crippen molar-refractivity contribution in [2.75, 3.05) is 6.54 Å². The van der Waals surface area contributed by atoms with E-state index in [1.54, 1.807) is 0 Å². The van der Waals surface area contributed by atoms with Crippen LogP contribution in [0.4, 0.5) is 4.79 Å². The van der Waals surface area contributed by atoms with Crippen molar-refractivity contribution >= 4 is 40.5 Å². The molecule has 0 unspecified atom stereocenters. The molecular weight excluding hydrogens is 501 g/mol. The van der Waals surface area contributed by atoms with Gasteiger partial charge in [-0.05, 0) is 45.9 Å². The van der Waals surface area contributed by atoms with Crippen molar-refractivity contribution in [3.63, 3.8) is 0 Å². The van der Waals surface area contributed by atoms with Crippen LogP contribution in [0.3, 0.4) is 0 Å². The first-order chi connectivity index (χ1) is 14.3. The van der Waals surface area contributed by atoms with E-state index >= 15 is 0 Å². The molecule has 2 aromatic carbocycles. The maximum absolute atomic E-state index is 12.1. The van der Waals surface area contributed by atoms with Gasteiger partial charge in [0.15, 0.2) is 0 Å². The maximum atomic E-state index is 12.1. The molecule has 0 saturated carbocycles. The first-order valence-corrected chi connectivity index (χ1v) is 10.4. The van der Waals surface area contributed by atoms with Crippen LogP contribution in [0.2, 0.25) is 0 Å². The zero-order valence-electron chi connectivity index (χ0n) is 16.2. The van der Waals surface area contributed by atoms with E-state index in [1.165, 1.54) is 0 Å². The predicted molar refractivity (Wildman–Crippen MR) is 119 cm³/mol. The highest BCUT2D eigenvalue weighted by Gasteiger charge is 2.20. The van der Waals surface area contributed by atoms with Gasteiger partial charge in [0.05, 0.1) is 12.5 Å². The molecule has 2 atom stereocenters. The summed E-state index contributed by atoms with van der Waals surface area (Å²) in [6.45, 7) is -0.0680. The number of nitrogens with one attached hydrogen (secondary N) is 2. The highest BCUT2D eigenvalue weighted by atomic mass is 127. The van der Waals surface area contributed by atoms with Gasteiger partial charge < -0.3 is 26.2 Å². The van der Waals surface area contributed by atoms with Crippen LogP contribution in [-0.4, -0.2) is 41.7 Å². The van der Waals surface area contributed by atoms with Crippen molar-refractivity contribution in [3.05, 3.63) is 69.3 Å². The van der Waals surface area contributed by atoms with Crippen molar-refractivity contribution in [1.29, 1.82) is 0 Å². The Kier molecular flexibility index (Phi) is 9.55. The average molecular weight is 525 g/mol. The van der Waals surface area contributed by atoms with Gasteiger partial charge in [0, 0.05) is 16.5 Å². The predicted octanol–water partition coefficient (Wildman–Crippen LogP) is 1.48. The molecule has 5 N–H and O–H groups in total. The van der Waals surface area contributed by atoms with E-state index in [-0.39, 0.29) is 26.0 Å². The number of aliphatic hydroxyl groups is 1. The van der Waals surface area contributed by atoms with Crippen molar-refractivity contribution in [3.8, 4) is 0 Å². The minimum absolute atomic E-state index is 0.0993. The number of hydrogen-bond donors (Lipinski definition) is 4. The van der Waals surface area contributed by atoms with Gasteiger partial charge in [-0.2, -0.15) is 0 Å². The number of aliphatic hydroxyl groups excluding tert-OH is 1. The van der Waals surface area contributed by atoms with Crippen molar-refractivity contribution < 1.29 is 24.2 Å². The Morgan fingerprint density at radius 2 is 1.70 bits per heavy atom. The van der Waals surface area contributed by atoms with Crippen molar-refractivity contribution in [1.82, 2.24) is 10.6 Å². The lowest BCUT2D eigenvalue weighted by molar-refractivity contribution is -0.128. The zero-order valence-corrected chi connectivity index (χ0v) is 18.4. The van der Waals surface area contributed by atoms with Crippen molar-refractivity contribution in [2.45, 2.75) is 31.6 Å². The number of carbonyl (C=O) groups is 3. The van der Waals surface area contributed by atoms with Gasteiger partial charge in [-0.1, -0.05) is 42.5 Å². The maximum Gasteiger partial charge on any atom is 0.407 e. The molecule has 0 aliphatic heterocycles. The van der Waals surface area contributed by atoms with Crippen LogP contribution in [0.1, 0.15) is 17.5 Å². The Morgan fingerprint density at radius 3 is 2.33 bits per heavy atom. The lowest BCUT2D eigenvalue weighted by atomic mass is 10.1. The van der Waals surface area contributed by atoms with E-state index in [2.05, 4.69) is 33.2 Å². The lowest BCUT2D eigenvalue weighted by Crippen LogP contribution is -2.47. The van der Waals surface area contributed by atoms with Gasteiger partial charge in [-0.25, -0.2) is 4.79 Å². The summed E-state index contributed by atoms with van der Waals surface area (Å²) in [5, 5.41) is 14.9. The molecule has 0 aliphatic carbocycles. The molecule has 3 amide bonds. The number of rotatable bonds is 10. The monoisotopic (exact) mass is 525 g/mol. The quantitative estimate of drug-likeness (QED) is 0.349. The molecule has 160 valence electrons. The van der Waals surface area contributed by atoms with Gasteiger partial charge in [-0.3, -0.25) is 9.59 Å². The standard InChI is InChI=1S/C21H24IN3O5/c22-16-8-6-14(7-9-16)10-18(20(23)28)25-19(27)11-17(26)12-24-21(29)30-13-15-4-2-1-3-5-15/h1-9,17-18,26H,10-13H2,(H2,23,28)(H,24,29)(H,25,27)/t17-,18+/m1/s1. The Bertz CT molecular complexity index is 845. The van der Waals surface area contributed by atoms with Gasteiger partial charge in [0.1, 0.15) is 12.6 Å². The molecule has 30 heavy (non-hydrogen) atoms. The molecule has 0 spiro atoms. The van der Waals surface area contributed by atoms with Crippen LogP contribution in [0.5, 0.6) is 0 Å². The third kappa shape index (κ3) is 8.78. The van der Waals surface area contributed by atoms with E-state index in [9.17, 15) is 19.5 Å².